The van der Waals surface area contributed by atoms with Gasteiger partial charge in [-0.15, -0.1) is 0 Å². The lowest BCUT2D eigenvalue weighted by Gasteiger charge is -2.23. The summed E-state index contributed by atoms with van der Waals surface area (Å²) in [4.78, 5) is 14.3. The molecule has 0 bridgehead atoms. The zero-order chi connectivity index (χ0) is 15.9. The number of anilines is 2. The van der Waals surface area contributed by atoms with Crippen LogP contribution in [0.25, 0.3) is 0 Å². The van der Waals surface area contributed by atoms with E-state index < -0.39 is 0 Å². The Labute approximate surface area is 133 Å². The van der Waals surface area contributed by atoms with E-state index in [0.29, 0.717) is 6.54 Å². The molecule has 3 nitrogen and oxygen atoms in total. The number of hydrogen-bond donors (Lipinski definition) is 1. The van der Waals surface area contributed by atoms with Crippen molar-refractivity contribution in [2.45, 2.75) is 27.2 Å². The first-order valence-electron chi connectivity index (χ1n) is 7.82. The number of nitrogens with zero attached hydrogens (tertiary/aromatic N) is 1. The fraction of sp³-hybridized carbons (Fsp3) is 0.316. The first-order chi connectivity index (χ1) is 10.6. The molecule has 0 saturated heterocycles. The van der Waals surface area contributed by atoms with Crippen molar-refractivity contribution in [3.8, 4) is 0 Å². The number of likely N-dealkylation sites (N-methyl/N-ethyl adjacent to an activating group) is 1. The lowest BCUT2D eigenvalue weighted by molar-refractivity contribution is -0.115. The van der Waals surface area contributed by atoms with Crippen molar-refractivity contribution in [2.24, 2.45) is 0 Å². The highest BCUT2D eigenvalue weighted by molar-refractivity contribution is 5.94. The largest absolute Gasteiger partial charge is 0.362 e. The standard InChI is InChI=1S/C19H24N2O/c1-4-16-9-11-17(12-10-16)20-19(22)14-21(5-2)18-8-6-7-15(3)13-18/h6-13H,4-5,14H2,1-3H3,(H,20,22). The summed E-state index contributed by atoms with van der Waals surface area (Å²) < 4.78 is 0. The van der Waals surface area contributed by atoms with E-state index in [1.807, 2.05) is 36.4 Å². The summed E-state index contributed by atoms with van der Waals surface area (Å²) >= 11 is 0. The van der Waals surface area contributed by atoms with Gasteiger partial charge in [-0.1, -0.05) is 31.2 Å². The summed E-state index contributed by atoms with van der Waals surface area (Å²) in [6.45, 7) is 7.40. The number of amides is 1. The molecule has 22 heavy (non-hydrogen) atoms. The number of hydrogen-bond acceptors (Lipinski definition) is 2. The number of carbonyl (C=O) groups is 1. The summed E-state index contributed by atoms with van der Waals surface area (Å²) in [6.07, 6.45) is 1.01. The monoisotopic (exact) mass is 296 g/mol. The van der Waals surface area contributed by atoms with Crippen LogP contribution in [0, 0.1) is 6.92 Å². The van der Waals surface area contributed by atoms with Gasteiger partial charge in [0.25, 0.3) is 0 Å². The van der Waals surface area contributed by atoms with Gasteiger partial charge in [0.1, 0.15) is 0 Å². The smallest absolute Gasteiger partial charge is 0.243 e. The minimum atomic E-state index is 0.00704. The van der Waals surface area contributed by atoms with Gasteiger partial charge in [-0.05, 0) is 55.7 Å². The Hall–Kier alpha value is -2.29. The molecule has 1 amide bonds. The highest BCUT2D eigenvalue weighted by Crippen LogP contribution is 2.16. The summed E-state index contributed by atoms with van der Waals surface area (Å²) in [5, 5.41) is 2.96. The average Bonchev–Trinajstić information content (AvgIpc) is 2.53. The number of carbonyl (C=O) groups excluding carboxylic acids is 1. The summed E-state index contributed by atoms with van der Waals surface area (Å²) in [5.41, 5.74) is 4.40. The van der Waals surface area contributed by atoms with Crippen LogP contribution in [0.15, 0.2) is 48.5 Å². The van der Waals surface area contributed by atoms with E-state index in [-0.39, 0.29) is 5.91 Å². The third kappa shape index (κ3) is 4.35. The van der Waals surface area contributed by atoms with Crippen molar-refractivity contribution in [3.05, 3.63) is 59.7 Å². The van der Waals surface area contributed by atoms with Gasteiger partial charge in [0.05, 0.1) is 6.54 Å². The molecule has 2 rings (SSSR count). The van der Waals surface area contributed by atoms with Gasteiger partial charge >= 0.3 is 0 Å². The highest BCUT2D eigenvalue weighted by Gasteiger charge is 2.10. The molecular weight excluding hydrogens is 272 g/mol. The second-order valence-corrected chi connectivity index (χ2v) is 5.45. The zero-order valence-electron chi connectivity index (χ0n) is 13.6. The first kappa shape index (κ1) is 16.1. The lowest BCUT2D eigenvalue weighted by atomic mass is 10.1. The number of rotatable bonds is 6. The predicted octanol–water partition coefficient (Wildman–Crippen LogP) is 4.02. The molecule has 3 heteroatoms. The second kappa shape index (κ2) is 7.64. The Morgan fingerprint density at radius 3 is 2.41 bits per heavy atom. The quantitative estimate of drug-likeness (QED) is 0.873. The molecule has 0 atom stereocenters. The van der Waals surface area contributed by atoms with Crippen molar-refractivity contribution in [3.63, 3.8) is 0 Å². The van der Waals surface area contributed by atoms with Gasteiger partial charge in [0.2, 0.25) is 5.91 Å². The van der Waals surface area contributed by atoms with Gasteiger partial charge in [0, 0.05) is 17.9 Å². The summed E-state index contributed by atoms with van der Waals surface area (Å²) in [6, 6.07) is 16.2. The molecule has 0 aliphatic carbocycles. The molecule has 0 aromatic heterocycles. The van der Waals surface area contributed by atoms with Crippen molar-refractivity contribution >= 4 is 17.3 Å². The van der Waals surface area contributed by atoms with Crippen LogP contribution in [0.2, 0.25) is 0 Å². The Morgan fingerprint density at radius 1 is 1.09 bits per heavy atom. The molecule has 0 spiro atoms. The van der Waals surface area contributed by atoms with Crippen molar-refractivity contribution < 1.29 is 4.79 Å². The third-order valence-electron chi connectivity index (χ3n) is 3.73. The molecule has 0 saturated carbocycles. The molecular formula is C19H24N2O. The molecule has 2 aromatic rings. The summed E-state index contributed by atoms with van der Waals surface area (Å²) in [5.74, 6) is 0.00704. The first-order valence-corrected chi connectivity index (χ1v) is 7.82. The van der Waals surface area contributed by atoms with Gasteiger partial charge < -0.3 is 10.2 Å². The SMILES string of the molecule is CCc1ccc(NC(=O)CN(CC)c2cccc(C)c2)cc1. The Balaban J connectivity index is 1.99. The lowest BCUT2D eigenvalue weighted by Crippen LogP contribution is -2.33. The van der Waals surface area contributed by atoms with Gasteiger partial charge in [-0.3, -0.25) is 4.79 Å². The fourth-order valence-electron chi connectivity index (χ4n) is 2.41. The minimum Gasteiger partial charge on any atom is -0.362 e. The molecule has 116 valence electrons. The van der Waals surface area contributed by atoms with Crippen LogP contribution in [0.5, 0.6) is 0 Å². The number of nitrogens with one attached hydrogen (secondary N) is 1. The van der Waals surface area contributed by atoms with Gasteiger partial charge in [0.15, 0.2) is 0 Å². The van der Waals surface area contributed by atoms with E-state index in [1.165, 1.54) is 11.1 Å². The van der Waals surface area contributed by atoms with E-state index in [2.05, 4.69) is 43.1 Å². The Kier molecular flexibility index (Phi) is 5.59. The van der Waals surface area contributed by atoms with Crippen molar-refractivity contribution in [1.29, 1.82) is 0 Å². The maximum Gasteiger partial charge on any atom is 0.243 e. The van der Waals surface area contributed by atoms with Crippen molar-refractivity contribution in [1.82, 2.24) is 0 Å². The van der Waals surface area contributed by atoms with E-state index >= 15 is 0 Å². The van der Waals surface area contributed by atoms with Crippen LogP contribution in [0.1, 0.15) is 25.0 Å². The van der Waals surface area contributed by atoms with Gasteiger partial charge in [-0.25, -0.2) is 0 Å². The molecule has 0 unspecified atom stereocenters. The predicted molar refractivity (Wildman–Crippen MR) is 93.5 cm³/mol. The minimum absolute atomic E-state index is 0.00704. The molecule has 0 radical (unpaired) electrons. The number of benzene rings is 2. The fourth-order valence-corrected chi connectivity index (χ4v) is 2.41. The van der Waals surface area contributed by atoms with E-state index in [1.54, 1.807) is 0 Å². The Bertz CT molecular complexity index is 620. The second-order valence-electron chi connectivity index (χ2n) is 5.45. The molecule has 0 heterocycles. The van der Waals surface area contributed by atoms with E-state index in [9.17, 15) is 4.79 Å². The summed E-state index contributed by atoms with van der Waals surface area (Å²) in [7, 11) is 0. The van der Waals surface area contributed by atoms with Crippen LogP contribution in [0.3, 0.4) is 0 Å². The van der Waals surface area contributed by atoms with E-state index in [0.717, 1.165) is 24.3 Å². The third-order valence-corrected chi connectivity index (χ3v) is 3.73. The maximum atomic E-state index is 12.2. The molecule has 0 fully saturated rings. The van der Waals surface area contributed by atoms with Crippen LogP contribution in [-0.4, -0.2) is 19.0 Å². The Morgan fingerprint density at radius 2 is 1.82 bits per heavy atom. The van der Waals surface area contributed by atoms with Crippen LogP contribution in [-0.2, 0) is 11.2 Å². The average molecular weight is 296 g/mol. The molecule has 0 aliphatic heterocycles. The molecule has 1 N–H and O–H groups in total. The molecule has 2 aromatic carbocycles. The maximum absolute atomic E-state index is 12.2. The van der Waals surface area contributed by atoms with Crippen LogP contribution < -0.4 is 10.2 Å². The van der Waals surface area contributed by atoms with E-state index in [4.69, 9.17) is 0 Å². The zero-order valence-corrected chi connectivity index (χ0v) is 13.6. The van der Waals surface area contributed by atoms with Crippen LogP contribution in [0.4, 0.5) is 11.4 Å². The van der Waals surface area contributed by atoms with Crippen LogP contribution >= 0.6 is 0 Å². The number of aryl methyl sites for hydroxylation is 2. The highest BCUT2D eigenvalue weighted by atomic mass is 16.2. The van der Waals surface area contributed by atoms with Crippen molar-refractivity contribution in [2.75, 3.05) is 23.3 Å². The normalized spacial score (nSPS) is 10.3. The topological polar surface area (TPSA) is 32.3 Å². The molecule has 0 aliphatic rings. The van der Waals surface area contributed by atoms with Gasteiger partial charge in [-0.2, -0.15) is 0 Å².